The molecule has 1 aliphatic heterocycles. The third-order valence-electron chi connectivity index (χ3n) is 3.06. The molecule has 1 saturated heterocycles. The van der Waals surface area contributed by atoms with Gasteiger partial charge in [-0.05, 0) is 32.2 Å². The van der Waals surface area contributed by atoms with Gasteiger partial charge in [0.2, 0.25) is 15.9 Å². The number of ether oxygens (including phenoxy) is 1. The van der Waals surface area contributed by atoms with Crippen molar-refractivity contribution < 1.29 is 22.7 Å². The smallest absolute Gasteiger partial charge is 0.341 e. The molecule has 7 nitrogen and oxygen atoms in total. The van der Waals surface area contributed by atoms with Gasteiger partial charge in [-0.3, -0.25) is 4.79 Å². The van der Waals surface area contributed by atoms with Gasteiger partial charge in [-0.25, -0.2) is 18.4 Å². The third kappa shape index (κ3) is 3.65. The lowest BCUT2D eigenvalue weighted by Crippen LogP contribution is -2.32. The van der Waals surface area contributed by atoms with E-state index in [0.717, 1.165) is 0 Å². The van der Waals surface area contributed by atoms with Crippen molar-refractivity contribution in [1.29, 1.82) is 0 Å². The van der Waals surface area contributed by atoms with Crippen LogP contribution >= 0.6 is 11.3 Å². The van der Waals surface area contributed by atoms with Gasteiger partial charge in [0.15, 0.2) is 0 Å². The molecule has 1 amide bonds. The lowest BCUT2D eigenvalue weighted by atomic mass is 10.2. The molecule has 1 aliphatic rings. The molecule has 1 aromatic heterocycles. The van der Waals surface area contributed by atoms with Gasteiger partial charge in [-0.2, -0.15) is 0 Å². The first-order valence-electron chi connectivity index (χ1n) is 6.62. The van der Waals surface area contributed by atoms with Crippen LogP contribution in [-0.4, -0.2) is 37.7 Å². The van der Waals surface area contributed by atoms with Crippen molar-refractivity contribution in [2.75, 3.05) is 11.4 Å². The summed E-state index contributed by atoms with van der Waals surface area (Å²) >= 11 is 1.19. The highest BCUT2D eigenvalue weighted by Gasteiger charge is 2.39. The molecule has 0 radical (unpaired) electrons. The largest absolute Gasteiger partial charge is 0.456 e. The van der Waals surface area contributed by atoms with Crippen LogP contribution in [0.5, 0.6) is 0 Å². The molecule has 0 saturated carbocycles. The van der Waals surface area contributed by atoms with Crippen molar-refractivity contribution in [1.82, 2.24) is 0 Å². The number of rotatable bonds is 3. The summed E-state index contributed by atoms with van der Waals surface area (Å²) in [6.45, 7) is 5.19. The SMILES string of the molecule is CC(C)(C)OC(=O)c1ccsc1N1CC(S(N)(=O)=O)CC1=O. The molecule has 1 atom stereocenters. The number of carbonyl (C=O) groups is 2. The van der Waals surface area contributed by atoms with Crippen LogP contribution < -0.4 is 10.0 Å². The number of anilines is 1. The molecule has 9 heteroatoms. The van der Waals surface area contributed by atoms with Crippen LogP contribution in [0.25, 0.3) is 0 Å². The lowest BCUT2D eigenvalue weighted by molar-refractivity contribution is -0.117. The Balaban J connectivity index is 2.27. The fourth-order valence-electron chi connectivity index (χ4n) is 2.09. The lowest BCUT2D eigenvalue weighted by Gasteiger charge is -2.21. The number of esters is 1. The van der Waals surface area contributed by atoms with Crippen LogP contribution in [0.2, 0.25) is 0 Å². The molecule has 2 rings (SSSR count). The summed E-state index contributed by atoms with van der Waals surface area (Å²) in [6, 6.07) is 1.56. The molecule has 0 bridgehead atoms. The zero-order valence-corrected chi connectivity index (χ0v) is 14.2. The van der Waals surface area contributed by atoms with Crippen LogP contribution in [0.15, 0.2) is 11.4 Å². The van der Waals surface area contributed by atoms with E-state index in [0.29, 0.717) is 5.00 Å². The van der Waals surface area contributed by atoms with Crippen molar-refractivity contribution in [3.63, 3.8) is 0 Å². The number of primary sulfonamides is 1. The van der Waals surface area contributed by atoms with Gasteiger partial charge in [0.05, 0.1) is 5.56 Å². The Hall–Kier alpha value is -1.45. The van der Waals surface area contributed by atoms with Gasteiger partial charge < -0.3 is 9.64 Å². The van der Waals surface area contributed by atoms with E-state index in [-0.39, 0.29) is 24.4 Å². The highest BCUT2D eigenvalue weighted by Crippen LogP contribution is 2.33. The predicted molar refractivity (Wildman–Crippen MR) is 83.4 cm³/mol. The number of thiophene rings is 1. The van der Waals surface area contributed by atoms with Gasteiger partial charge >= 0.3 is 5.97 Å². The number of nitrogens with zero attached hydrogens (tertiary/aromatic N) is 1. The number of sulfonamides is 1. The average Bonchev–Trinajstić information content (AvgIpc) is 2.90. The van der Waals surface area contributed by atoms with E-state index in [1.165, 1.54) is 16.2 Å². The molecular weight excluding hydrogens is 328 g/mol. The fraction of sp³-hybridized carbons (Fsp3) is 0.538. The average molecular weight is 346 g/mol. The van der Waals surface area contributed by atoms with Crippen molar-refractivity contribution >= 4 is 38.2 Å². The minimum Gasteiger partial charge on any atom is -0.456 e. The molecule has 1 fully saturated rings. The van der Waals surface area contributed by atoms with E-state index in [1.807, 2.05) is 0 Å². The highest BCUT2D eigenvalue weighted by atomic mass is 32.2. The predicted octanol–water partition coefficient (Wildman–Crippen LogP) is 1.10. The van der Waals surface area contributed by atoms with E-state index in [4.69, 9.17) is 9.88 Å². The van der Waals surface area contributed by atoms with E-state index >= 15 is 0 Å². The quantitative estimate of drug-likeness (QED) is 0.825. The van der Waals surface area contributed by atoms with Crippen LogP contribution in [0.1, 0.15) is 37.6 Å². The zero-order chi connectivity index (χ0) is 16.7. The summed E-state index contributed by atoms with van der Waals surface area (Å²) < 4.78 is 28.1. The molecule has 1 unspecified atom stereocenters. The summed E-state index contributed by atoms with van der Waals surface area (Å²) in [5.41, 5.74) is -0.405. The monoisotopic (exact) mass is 346 g/mol. The maximum absolute atomic E-state index is 12.2. The van der Waals surface area contributed by atoms with Gasteiger partial charge in [0, 0.05) is 13.0 Å². The molecule has 122 valence electrons. The minimum absolute atomic E-state index is 0.0476. The van der Waals surface area contributed by atoms with Crippen LogP contribution in [0.4, 0.5) is 5.00 Å². The number of amides is 1. The first-order valence-corrected chi connectivity index (χ1v) is 9.11. The van der Waals surface area contributed by atoms with Gasteiger partial charge in [-0.1, -0.05) is 0 Å². The zero-order valence-electron chi connectivity index (χ0n) is 12.5. The molecule has 0 aromatic carbocycles. The molecule has 2 heterocycles. The number of carbonyl (C=O) groups excluding carboxylic acids is 2. The number of hydrogen-bond acceptors (Lipinski definition) is 6. The third-order valence-corrected chi connectivity index (χ3v) is 5.24. The first kappa shape index (κ1) is 16.9. The molecule has 22 heavy (non-hydrogen) atoms. The van der Waals surface area contributed by atoms with Crippen LogP contribution in [0.3, 0.4) is 0 Å². The van der Waals surface area contributed by atoms with E-state index in [9.17, 15) is 18.0 Å². The van der Waals surface area contributed by atoms with E-state index in [2.05, 4.69) is 0 Å². The van der Waals surface area contributed by atoms with E-state index < -0.39 is 26.8 Å². The second-order valence-corrected chi connectivity index (χ2v) is 8.80. The van der Waals surface area contributed by atoms with Crippen molar-refractivity contribution in [2.45, 2.75) is 38.0 Å². The number of hydrogen-bond donors (Lipinski definition) is 1. The van der Waals surface area contributed by atoms with Crippen molar-refractivity contribution in [3.05, 3.63) is 17.0 Å². The Kier molecular flexibility index (Phi) is 4.33. The second kappa shape index (κ2) is 5.64. The summed E-state index contributed by atoms with van der Waals surface area (Å²) in [7, 11) is -3.80. The molecular formula is C13H18N2O5S2. The van der Waals surface area contributed by atoms with Crippen LogP contribution in [0, 0.1) is 0 Å². The molecule has 0 spiro atoms. The maximum Gasteiger partial charge on any atom is 0.341 e. The van der Waals surface area contributed by atoms with Gasteiger partial charge in [-0.15, -0.1) is 11.3 Å². The summed E-state index contributed by atoms with van der Waals surface area (Å²) in [6.07, 6.45) is -0.176. The summed E-state index contributed by atoms with van der Waals surface area (Å²) in [4.78, 5) is 25.5. The van der Waals surface area contributed by atoms with Gasteiger partial charge in [0.25, 0.3) is 0 Å². The Morgan fingerprint density at radius 1 is 1.45 bits per heavy atom. The van der Waals surface area contributed by atoms with Gasteiger partial charge in [0.1, 0.15) is 15.9 Å². The molecule has 0 aliphatic carbocycles. The minimum atomic E-state index is -3.80. The Morgan fingerprint density at radius 2 is 2.09 bits per heavy atom. The van der Waals surface area contributed by atoms with Crippen molar-refractivity contribution in [2.24, 2.45) is 5.14 Å². The topological polar surface area (TPSA) is 107 Å². The number of nitrogens with two attached hydrogens (primary N) is 1. The standard InChI is InChI=1S/C13H18N2O5S2/c1-13(2,3)20-12(17)9-4-5-21-11(9)15-7-8(6-10(15)16)22(14,18)19/h4-5,8H,6-7H2,1-3H3,(H2,14,18,19). The first-order chi connectivity index (χ1) is 9.99. The molecule has 1 aromatic rings. The van der Waals surface area contributed by atoms with E-state index in [1.54, 1.807) is 32.2 Å². The van der Waals surface area contributed by atoms with Crippen LogP contribution in [-0.2, 0) is 19.6 Å². The Bertz CT molecular complexity index is 702. The van der Waals surface area contributed by atoms with Crippen molar-refractivity contribution in [3.8, 4) is 0 Å². The maximum atomic E-state index is 12.2. The summed E-state index contributed by atoms with van der Waals surface area (Å²) in [5.74, 6) is -0.915. The Labute approximate surface area is 133 Å². The fourth-order valence-corrected chi connectivity index (χ4v) is 3.74. The second-order valence-electron chi connectivity index (χ2n) is 6.06. The summed E-state index contributed by atoms with van der Waals surface area (Å²) in [5, 5.41) is 6.21. The Morgan fingerprint density at radius 3 is 2.59 bits per heavy atom. The normalized spacial score (nSPS) is 19.5. The molecule has 2 N–H and O–H groups in total. The highest BCUT2D eigenvalue weighted by molar-refractivity contribution is 7.89.